The highest BCUT2D eigenvalue weighted by Crippen LogP contribution is 2.25. The number of nitrogens with two attached hydrogens (primary N) is 2. The van der Waals surface area contributed by atoms with Gasteiger partial charge in [0.15, 0.2) is 0 Å². The predicted molar refractivity (Wildman–Crippen MR) is 102 cm³/mol. The minimum Gasteiger partial charge on any atom is -0.391 e. The van der Waals surface area contributed by atoms with Crippen LogP contribution in [0.5, 0.6) is 0 Å². The lowest BCUT2D eigenvalue weighted by Gasteiger charge is -2.33. The minimum absolute atomic E-state index is 0.341. The van der Waals surface area contributed by atoms with Crippen molar-refractivity contribution in [3.8, 4) is 0 Å². The number of rotatable bonds is 7. The number of likely N-dealkylation sites (tertiary alicyclic amines) is 2. The van der Waals surface area contributed by atoms with Crippen molar-refractivity contribution in [3.05, 3.63) is 0 Å². The molecule has 0 bridgehead atoms. The van der Waals surface area contributed by atoms with Crippen LogP contribution in [0.4, 0.5) is 0 Å². The first-order chi connectivity index (χ1) is 13.6. The first kappa shape index (κ1) is 23.0. The van der Waals surface area contributed by atoms with E-state index >= 15 is 0 Å². The molecule has 0 aliphatic carbocycles. The molecule has 2 aliphatic heterocycles. The lowest BCUT2D eigenvalue weighted by atomic mass is 10.1. The van der Waals surface area contributed by atoms with E-state index in [4.69, 9.17) is 11.5 Å². The number of aliphatic hydroxyl groups is 2. The van der Waals surface area contributed by atoms with E-state index in [1.807, 2.05) is 0 Å². The molecule has 2 saturated heterocycles. The van der Waals surface area contributed by atoms with E-state index in [2.05, 4.69) is 5.32 Å². The molecule has 29 heavy (non-hydrogen) atoms. The summed E-state index contributed by atoms with van der Waals surface area (Å²) in [7, 11) is 0. The largest absolute Gasteiger partial charge is 0.391 e. The van der Waals surface area contributed by atoms with Crippen LogP contribution in [0.2, 0.25) is 0 Å². The van der Waals surface area contributed by atoms with Gasteiger partial charge in [0, 0.05) is 13.1 Å². The number of nitrogens with zero attached hydrogens (tertiary/aromatic N) is 2. The number of nitrogens with one attached hydrogen (secondary N) is 1. The summed E-state index contributed by atoms with van der Waals surface area (Å²) in [5.41, 5.74) is 11.0. The fourth-order valence-electron chi connectivity index (χ4n) is 3.86. The Bertz CT molecular complexity index is 655. The molecule has 0 saturated carbocycles. The molecular weight excluding hydrogens is 382 g/mol. The van der Waals surface area contributed by atoms with Crippen molar-refractivity contribution in [3.63, 3.8) is 0 Å². The van der Waals surface area contributed by atoms with Gasteiger partial charge in [-0.05, 0) is 39.5 Å². The van der Waals surface area contributed by atoms with E-state index in [1.54, 1.807) is 0 Å². The molecule has 0 aromatic rings. The Morgan fingerprint density at radius 2 is 1.52 bits per heavy atom. The van der Waals surface area contributed by atoms with E-state index in [1.165, 1.54) is 23.6 Å². The van der Waals surface area contributed by atoms with Gasteiger partial charge in [-0.15, -0.1) is 0 Å². The van der Waals surface area contributed by atoms with Crippen LogP contribution >= 0.6 is 0 Å². The van der Waals surface area contributed by atoms with E-state index in [0.717, 1.165) is 0 Å². The predicted octanol–water partition coefficient (Wildman–Crippen LogP) is -2.97. The molecule has 2 aliphatic rings. The molecule has 6 atom stereocenters. The number of carbonyl (C=O) groups excluding carboxylic acids is 4. The normalized spacial score (nSPS) is 26.0. The molecule has 2 heterocycles. The summed E-state index contributed by atoms with van der Waals surface area (Å²) < 4.78 is 0. The van der Waals surface area contributed by atoms with Crippen molar-refractivity contribution in [1.29, 1.82) is 0 Å². The molecule has 0 radical (unpaired) electrons. The average molecular weight is 413 g/mol. The summed E-state index contributed by atoms with van der Waals surface area (Å²) in [4.78, 5) is 52.5. The molecule has 164 valence electrons. The van der Waals surface area contributed by atoms with Gasteiger partial charge in [0.2, 0.25) is 23.6 Å². The standard InChI is InChI=1S/C18H31N5O6/c1-9(24)13(19)18(29)23-8-4-6-12(23)17(28)22-7-3-5-11(22)16(27)21-14(10(2)25)15(20)26/h9-14,24-25H,3-8,19H2,1-2H3,(H2,20,26)(H,21,27)/t9?,10?,11-,12-,13?,14?/m0/s1. The van der Waals surface area contributed by atoms with Crippen LogP contribution in [0, 0.1) is 0 Å². The van der Waals surface area contributed by atoms with Crippen LogP contribution in [-0.4, -0.2) is 93.1 Å². The molecular formula is C18H31N5O6. The molecule has 0 spiro atoms. The lowest BCUT2D eigenvalue weighted by molar-refractivity contribution is -0.148. The summed E-state index contributed by atoms with van der Waals surface area (Å²) in [5.74, 6) is -2.31. The highest BCUT2D eigenvalue weighted by Gasteiger charge is 2.43. The molecule has 7 N–H and O–H groups in total. The Morgan fingerprint density at radius 1 is 0.966 bits per heavy atom. The highest BCUT2D eigenvalue weighted by molar-refractivity contribution is 5.95. The average Bonchev–Trinajstić information content (AvgIpc) is 3.32. The zero-order valence-corrected chi connectivity index (χ0v) is 16.8. The smallest absolute Gasteiger partial charge is 0.246 e. The fraction of sp³-hybridized carbons (Fsp3) is 0.778. The highest BCUT2D eigenvalue weighted by atomic mass is 16.3. The molecule has 0 aromatic carbocycles. The van der Waals surface area contributed by atoms with Crippen molar-refractivity contribution >= 4 is 23.6 Å². The second-order valence-corrected chi connectivity index (χ2v) is 7.77. The van der Waals surface area contributed by atoms with E-state index in [0.29, 0.717) is 38.8 Å². The first-order valence-corrected chi connectivity index (χ1v) is 9.88. The lowest BCUT2D eigenvalue weighted by Crippen LogP contribution is -2.58. The van der Waals surface area contributed by atoms with Crippen LogP contribution in [0.3, 0.4) is 0 Å². The van der Waals surface area contributed by atoms with Crippen LogP contribution in [-0.2, 0) is 19.2 Å². The number of hydrogen-bond donors (Lipinski definition) is 5. The summed E-state index contributed by atoms with van der Waals surface area (Å²) in [5, 5.41) is 21.6. The first-order valence-electron chi connectivity index (χ1n) is 9.88. The Morgan fingerprint density at radius 3 is 2.03 bits per heavy atom. The van der Waals surface area contributed by atoms with Crippen LogP contribution in [0.1, 0.15) is 39.5 Å². The maximum absolute atomic E-state index is 13.1. The quantitative estimate of drug-likeness (QED) is 0.295. The monoisotopic (exact) mass is 413 g/mol. The third kappa shape index (κ3) is 5.03. The Balaban J connectivity index is 2.11. The van der Waals surface area contributed by atoms with Crippen molar-refractivity contribution in [2.45, 2.75) is 75.9 Å². The molecule has 11 heteroatoms. The molecule has 2 fully saturated rings. The number of hydrogen-bond acceptors (Lipinski definition) is 7. The van der Waals surface area contributed by atoms with Gasteiger partial charge in [-0.1, -0.05) is 0 Å². The number of carbonyl (C=O) groups is 4. The third-order valence-electron chi connectivity index (χ3n) is 5.55. The zero-order valence-electron chi connectivity index (χ0n) is 16.8. The summed E-state index contributed by atoms with van der Waals surface area (Å²) >= 11 is 0. The van der Waals surface area contributed by atoms with Gasteiger partial charge in [-0.3, -0.25) is 19.2 Å². The SMILES string of the molecule is CC(O)C(N)C(=O)N1CCC[C@H]1C(=O)N1CCC[C@H]1C(=O)NC(C(N)=O)C(C)O. The van der Waals surface area contributed by atoms with Gasteiger partial charge < -0.3 is 36.8 Å². The van der Waals surface area contributed by atoms with Gasteiger partial charge in [0.05, 0.1) is 12.2 Å². The maximum Gasteiger partial charge on any atom is 0.246 e. The number of aliphatic hydroxyl groups excluding tert-OH is 2. The molecule has 4 unspecified atom stereocenters. The van der Waals surface area contributed by atoms with E-state index in [-0.39, 0.29) is 5.91 Å². The van der Waals surface area contributed by atoms with Gasteiger partial charge >= 0.3 is 0 Å². The second kappa shape index (κ2) is 9.51. The van der Waals surface area contributed by atoms with Crippen LogP contribution in [0.25, 0.3) is 0 Å². The van der Waals surface area contributed by atoms with E-state index < -0.39 is 54.1 Å². The third-order valence-corrected chi connectivity index (χ3v) is 5.55. The van der Waals surface area contributed by atoms with Gasteiger partial charge in [0.1, 0.15) is 24.2 Å². The summed E-state index contributed by atoms with van der Waals surface area (Å²) in [6.45, 7) is 3.44. The molecule has 0 aromatic heterocycles. The Labute approximate surface area is 169 Å². The fourth-order valence-corrected chi connectivity index (χ4v) is 3.86. The van der Waals surface area contributed by atoms with Crippen LogP contribution < -0.4 is 16.8 Å². The molecule has 4 amide bonds. The Hall–Kier alpha value is -2.24. The van der Waals surface area contributed by atoms with Crippen LogP contribution in [0.15, 0.2) is 0 Å². The second-order valence-electron chi connectivity index (χ2n) is 7.77. The zero-order chi connectivity index (χ0) is 21.9. The van der Waals surface area contributed by atoms with Crippen molar-refractivity contribution < 1.29 is 29.4 Å². The van der Waals surface area contributed by atoms with Gasteiger partial charge in [-0.25, -0.2) is 0 Å². The minimum atomic E-state index is -1.26. The van der Waals surface area contributed by atoms with Crippen molar-refractivity contribution in [2.24, 2.45) is 11.5 Å². The summed E-state index contributed by atoms with van der Waals surface area (Å²) in [6.07, 6.45) is -0.170. The Kier molecular flexibility index (Phi) is 7.55. The van der Waals surface area contributed by atoms with Crippen molar-refractivity contribution in [2.75, 3.05) is 13.1 Å². The van der Waals surface area contributed by atoms with E-state index in [9.17, 15) is 29.4 Å². The van der Waals surface area contributed by atoms with Crippen molar-refractivity contribution in [1.82, 2.24) is 15.1 Å². The van der Waals surface area contributed by atoms with Gasteiger partial charge in [-0.2, -0.15) is 0 Å². The number of primary amides is 1. The summed E-state index contributed by atoms with van der Waals surface area (Å²) in [6, 6.07) is -3.94. The topological polar surface area (TPSA) is 179 Å². The van der Waals surface area contributed by atoms with Gasteiger partial charge in [0.25, 0.3) is 0 Å². The molecule has 2 rings (SSSR count). The molecule has 11 nitrogen and oxygen atoms in total. The maximum atomic E-state index is 13.1. The number of amides is 4.